The summed E-state index contributed by atoms with van der Waals surface area (Å²) in [6.07, 6.45) is 3.64. The van der Waals surface area contributed by atoms with E-state index >= 15 is 0 Å². The maximum Gasteiger partial charge on any atom is 0.150 e. The Bertz CT molecular complexity index is 305. The molecule has 0 aromatic heterocycles. The number of rotatable bonds is 2. The van der Waals surface area contributed by atoms with Crippen LogP contribution in [0.3, 0.4) is 0 Å². The highest BCUT2D eigenvalue weighted by molar-refractivity contribution is 7.91. The Morgan fingerprint density at radius 3 is 2.57 bits per heavy atom. The Morgan fingerprint density at radius 1 is 1.21 bits per heavy atom. The van der Waals surface area contributed by atoms with Crippen molar-refractivity contribution in [2.24, 2.45) is 23.7 Å². The SMILES string of the molecule is CC(C)CC1CCC2CS(=O)(=O)CC12. The van der Waals surface area contributed by atoms with E-state index in [0.717, 1.165) is 6.42 Å². The molecule has 0 amide bonds. The molecule has 1 saturated heterocycles. The summed E-state index contributed by atoms with van der Waals surface area (Å²) < 4.78 is 23.0. The summed E-state index contributed by atoms with van der Waals surface area (Å²) in [4.78, 5) is 0. The summed E-state index contributed by atoms with van der Waals surface area (Å²) >= 11 is 0. The van der Waals surface area contributed by atoms with Crippen LogP contribution >= 0.6 is 0 Å². The molecule has 0 spiro atoms. The predicted molar refractivity (Wildman–Crippen MR) is 57.8 cm³/mol. The zero-order valence-electron chi connectivity index (χ0n) is 9.07. The molecule has 1 saturated carbocycles. The van der Waals surface area contributed by atoms with Gasteiger partial charge in [0.05, 0.1) is 11.5 Å². The molecule has 14 heavy (non-hydrogen) atoms. The molecule has 1 aliphatic carbocycles. The lowest BCUT2D eigenvalue weighted by Gasteiger charge is -2.19. The Balaban J connectivity index is 2.05. The van der Waals surface area contributed by atoms with Gasteiger partial charge in [-0.3, -0.25) is 0 Å². The summed E-state index contributed by atoms with van der Waals surface area (Å²) in [7, 11) is -2.67. The zero-order chi connectivity index (χ0) is 10.3. The minimum absolute atomic E-state index is 0.478. The number of hydrogen-bond donors (Lipinski definition) is 0. The van der Waals surface area contributed by atoms with Gasteiger partial charge in [0.2, 0.25) is 0 Å². The van der Waals surface area contributed by atoms with Crippen LogP contribution in [0.1, 0.15) is 33.1 Å². The van der Waals surface area contributed by atoms with E-state index in [9.17, 15) is 8.42 Å². The summed E-state index contributed by atoms with van der Waals surface area (Å²) in [5.74, 6) is 3.37. The van der Waals surface area contributed by atoms with Gasteiger partial charge in [-0.05, 0) is 42.9 Å². The average Bonchev–Trinajstić information content (AvgIpc) is 2.47. The van der Waals surface area contributed by atoms with E-state index in [2.05, 4.69) is 13.8 Å². The summed E-state index contributed by atoms with van der Waals surface area (Å²) in [5.41, 5.74) is 0. The first kappa shape index (κ1) is 10.5. The molecule has 0 N–H and O–H groups in total. The largest absolute Gasteiger partial charge is 0.229 e. The molecule has 3 atom stereocenters. The molecule has 3 unspecified atom stereocenters. The molecule has 2 rings (SSSR count). The second-order valence-electron chi connectivity index (χ2n) is 5.47. The van der Waals surface area contributed by atoms with Gasteiger partial charge in [-0.15, -0.1) is 0 Å². The third-order valence-electron chi connectivity index (χ3n) is 3.81. The van der Waals surface area contributed by atoms with Crippen LogP contribution in [0, 0.1) is 23.7 Å². The topological polar surface area (TPSA) is 34.1 Å². The van der Waals surface area contributed by atoms with Crippen molar-refractivity contribution in [3.8, 4) is 0 Å². The van der Waals surface area contributed by atoms with Gasteiger partial charge in [-0.25, -0.2) is 8.42 Å². The summed E-state index contributed by atoms with van der Waals surface area (Å²) in [5, 5.41) is 0. The Hall–Kier alpha value is -0.0500. The molecule has 2 fully saturated rings. The van der Waals surface area contributed by atoms with Gasteiger partial charge in [-0.2, -0.15) is 0 Å². The molecule has 0 bridgehead atoms. The first-order valence-electron chi connectivity index (χ1n) is 5.68. The fraction of sp³-hybridized carbons (Fsp3) is 1.00. The standard InChI is InChI=1S/C11H20O2S/c1-8(2)5-9-3-4-10-6-14(12,13)7-11(9)10/h8-11H,3-7H2,1-2H3. The van der Waals surface area contributed by atoms with Gasteiger partial charge in [0.1, 0.15) is 0 Å². The Morgan fingerprint density at radius 2 is 1.93 bits per heavy atom. The van der Waals surface area contributed by atoms with Gasteiger partial charge < -0.3 is 0 Å². The maximum absolute atomic E-state index is 11.5. The highest BCUT2D eigenvalue weighted by atomic mass is 32.2. The molecule has 0 aromatic carbocycles. The van der Waals surface area contributed by atoms with Gasteiger partial charge >= 0.3 is 0 Å². The van der Waals surface area contributed by atoms with Gasteiger partial charge in [-0.1, -0.05) is 13.8 Å². The van der Waals surface area contributed by atoms with Crippen LogP contribution in [-0.2, 0) is 9.84 Å². The highest BCUT2D eigenvalue weighted by Crippen LogP contribution is 2.45. The van der Waals surface area contributed by atoms with Gasteiger partial charge in [0.15, 0.2) is 9.84 Å². The maximum atomic E-state index is 11.5. The van der Waals surface area contributed by atoms with Crippen LogP contribution in [0.15, 0.2) is 0 Å². The monoisotopic (exact) mass is 216 g/mol. The molecule has 2 nitrogen and oxygen atoms in total. The molecule has 3 heteroatoms. The molecule has 1 aliphatic heterocycles. The van der Waals surface area contributed by atoms with Crippen LogP contribution in [0.4, 0.5) is 0 Å². The van der Waals surface area contributed by atoms with Crippen molar-refractivity contribution in [1.82, 2.24) is 0 Å². The summed E-state index contributed by atoms with van der Waals surface area (Å²) in [6.45, 7) is 4.47. The molecular formula is C11H20O2S. The number of hydrogen-bond acceptors (Lipinski definition) is 2. The fourth-order valence-corrected chi connectivity index (χ4v) is 5.64. The molecule has 1 heterocycles. The highest BCUT2D eigenvalue weighted by Gasteiger charge is 2.45. The van der Waals surface area contributed by atoms with Crippen molar-refractivity contribution in [3.05, 3.63) is 0 Å². The lowest BCUT2D eigenvalue weighted by molar-refractivity contribution is 0.322. The smallest absolute Gasteiger partial charge is 0.150 e. The van der Waals surface area contributed by atoms with Crippen molar-refractivity contribution >= 4 is 9.84 Å². The van der Waals surface area contributed by atoms with Crippen LogP contribution in [-0.4, -0.2) is 19.9 Å². The first-order chi connectivity index (χ1) is 6.48. The van der Waals surface area contributed by atoms with Crippen molar-refractivity contribution in [2.45, 2.75) is 33.1 Å². The molecular weight excluding hydrogens is 196 g/mol. The van der Waals surface area contributed by atoms with E-state index in [1.165, 1.54) is 12.8 Å². The number of sulfone groups is 1. The minimum atomic E-state index is -2.67. The van der Waals surface area contributed by atoms with Crippen molar-refractivity contribution in [3.63, 3.8) is 0 Å². The van der Waals surface area contributed by atoms with E-state index in [1.807, 2.05) is 0 Å². The first-order valence-corrected chi connectivity index (χ1v) is 7.50. The predicted octanol–water partition coefficient (Wildman–Crippen LogP) is 2.10. The molecule has 2 aliphatic rings. The van der Waals surface area contributed by atoms with Crippen LogP contribution in [0.5, 0.6) is 0 Å². The van der Waals surface area contributed by atoms with E-state index in [1.54, 1.807) is 0 Å². The zero-order valence-corrected chi connectivity index (χ0v) is 9.89. The van der Waals surface area contributed by atoms with E-state index < -0.39 is 9.84 Å². The number of fused-ring (bicyclic) bond motifs is 1. The van der Waals surface area contributed by atoms with Crippen LogP contribution in [0.2, 0.25) is 0 Å². The third kappa shape index (κ3) is 1.97. The lowest BCUT2D eigenvalue weighted by atomic mass is 9.86. The Kier molecular flexibility index (Phi) is 2.63. The van der Waals surface area contributed by atoms with E-state index in [0.29, 0.717) is 35.2 Å². The quantitative estimate of drug-likeness (QED) is 0.708. The minimum Gasteiger partial charge on any atom is -0.229 e. The van der Waals surface area contributed by atoms with Crippen molar-refractivity contribution in [2.75, 3.05) is 11.5 Å². The second-order valence-corrected chi connectivity index (χ2v) is 7.62. The Labute approximate surface area is 87.0 Å². The van der Waals surface area contributed by atoms with Gasteiger partial charge in [0, 0.05) is 0 Å². The van der Waals surface area contributed by atoms with Crippen LogP contribution in [0.25, 0.3) is 0 Å². The van der Waals surface area contributed by atoms with Crippen molar-refractivity contribution < 1.29 is 8.42 Å². The molecule has 0 radical (unpaired) electrons. The molecule has 0 aromatic rings. The fourth-order valence-electron chi connectivity index (χ4n) is 3.31. The van der Waals surface area contributed by atoms with Crippen molar-refractivity contribution in [1.29, 1.82) is 0 Å². The second kappa shape index (κ2) is 3.51. The van der Waals surface area contributed by atoms with Crippen LogP contribution < -0.4 is 0 Å². The van der Waals surface area contributed by atoms with E-state index in [4.69, 9.17) is 0 Å². The normalized spacial score (nSPS) is 40.4. The van der Waals surface area contributed by atoms with Gasteiger partial charge in [0.25, 0.3) is 0 Å². The third-order valence-corrected chi connectivity index (χ3v) is 5.64. The average molecular weight is 216 g/mol. The summed E-state index contributed by atoms with van der Waals surface area (Å²) in [6, 6.07) is 0. The van der Waals surface area contributed by atoms with E-state index in [-0.39, 0.29) is 0 Å². The molecule has 82 valence electrons. The lowest BCUT2D eigenvalue weighted by Crippen LogP contribution is -2.16.